The van der Waals surface area contributed by atoms with E-state index in [0.717, 1.165) is 12.1 Å². The summed E-state index contributed by atoms with van der Waals surface area (Å²) in [5.41, 5.74) is -3.51. The Morgan fingerprint density at radius 3 is 2.16 bits per heavy atom. The van der Waals surface area contributed by atoms with Crippen LogP contribution in [0.3, 0.4) is 0 Å². The van der Waals surface area contributed by atoms with Crippen LogP contribution in [0.1, 0.15) is 51.7 Å². The van der Waals surface area contributed by atoms with Crippen molar-refractivity contribution in [1.29, 1.82) is 0 Å². The maximum absolute atomic E-state index is 13.0. The van der Waals surface area contributed by atoms with Crippen molar-refractivity contribution >= 4 is 28.8 Å². The highest BCUT2D eigenvalue weighted by molar-refractivity contribution is 7.85. The fraction of sp³-hybridized carbons (Fsp3) is 0.423. The first-order chi connectivity index (χ1) is 17.6. The van der Waals surface area contributed by atoms with Gasteiger partial charge in [0.1, 0.15) is 5.60 Å². The molecule has 2 N–H and O–H groups in total. The summed E-state index contributed by atoms with van der Waals surface area (Å²) in [5, 5.41) is 12.0. The number of benzene rings is 2. The molecule has 0 radical (unpaired) electrons. The summed E-state index contributed by atoms with van der Waals surface area (Å²) in [5.74, 6) is -2.74. The van der Waals surface area contributed by atoms with Crippen LogP contribution < -0.4 is 5.32 Å². The largest absolute Gasteiger partial charge is 0.479 e. The van der Waals surface area contributed by atoms with E-state index in [1.807, 2.05) is 0 Å². The molecule has 2 aromatic rings. The standard InChI is InChI=1S/C26H30F3NO7S/c1-5-36-22(33)25(21(31)32,30-23(34)37-24(2,3)4)15-7-8-17-11-13-19(14-12-17)38(35)20-10-6-9-18(16-20)26(27,28)29/h6,9-14,16H,5,7-8,15H2,1-4H3,(H,30,34)(H,31,32). The zero-order valence-corrected chi connectivity index (χ0v) is 22.2. The number of aryl methyl sites for hydroxylation is 1. The number of alkyl carbamates (subject to hydrolysis) is 1. The third kappa shape index (κ3) is 8.30. The van der Waals surface area contributed by atoms with E-state index in [0.29, 0.717) is 5.56 Å². The Morgan fingerprint density at radius 1 is 1.00 bits per heavy atom. The Bertz CT molecular complexity index is 1180. The van der Waals surface area contributed by atoms with E-state index in [2.05, 4.69) is 5.32 Å². The van der Waals surface area contributed by atoms with E-state index < -0.39 is 51.7 Å². The van der Waals surface area contributed by atoms with Gasteiger partial charge in [-0.25, -0.2) is 18.6 Å². The number of halogens is 3. The molecule has 1 amide bonds. The maximum Gasteiger partial charge on any atom is 0.416 e. The smallest absolute Gasteiger partial charge is 0.416 e. The van der Waals surface area contributed by atoms with E-state index in [9.17, 15) is 36.9 Å². The first-order valence-electron chi connectivity index (χ1n) is 11.7. The van der Waals surface area contributed by atoms with Crippen LogP contribution in [0, 0.1) is 0 Å². The molecule has 0 aliphatic carbocycles. The van der Waals surface area contributed by atoms with E-state index in [1.54, 1.807) is 32.9 Å². The van der Waals surface area contributed by atoms with Gasteiger partial charge in [0.25, 0.3) is 0 Å². The quantitative estimate of drug-likeness (QED) is 0.308. The molecule has 2 rings (SSSR count). The second-order valence-corrected chi connectivity index (χ2v) is 10.8. The molecule has 12 heteroatoms. The lowest BCUT2D eigenvalue weighted by molar-refractivity contribution is -0.163. The van der Waals surface area contributed by atoms with Gasteiger partial charge in [-0.15, -0.1) is 0 Å². The summed E-state index contributed by atoms with van der Waals surface area (Å²) in [6, 6.07) is 10.5. The average Bonchev–Trinajstić information content (AvgIpc) is 2.81. The zero-order chi connectivity index (χ0) is 28.7. The Hall–Kier alpha value is -3.41. The maximum atomic E-state index is 13.0. The minimum Gasteiger partial charge on any atom is -0.479 e. The molecule has 0 aliphatic rings. The molecule has 0 saturated heterocycles. The van der Waals surface area contributed by atoms with E-state index in [4.69, 9.17) is 9.47 Å². The lowest BCUT2D eigenvalue weighted by Crippen LogP contribution is -2.61. The third-order valence-electron chi connectivity index (χ3n) is 5.23. The number of rotatable bonds is 10. The number of aliphatic carboxylic acids is 1. The topological polar surface area (TPSA) is 119 Å². The number of carbonyl (C=O) groups is 3. The van der Waals surface area contributed by atoms with Crippen LogP contribution in [-0.2, 0) is 42.5 Å². The molecule has 38 heavy (non-hydrogen) atoms. The molecule has 8 nitrogen and oxygen atoms in total. The Morgan fingerprint density at radius 2 is 1.63 bits per heavy atom. The van der Waals surface area contributed by atoms with Gasteiger partial charge in [-0.05, 0) is 82.9 Å². The van der Waals surface area contributed by atoms with Crippen LogP contribution in [0.15, 0.2) is 58.3 Å². The van der Waals surface area contributed by atoms with Gasteiger partial charge in [-0.1, -0.05) is 18.2 Å². The molecule has 0 fully saturated rings. The molecular formula is C26H30F3NO7S. The molecule has 208 valence electrons. The number of esters is 1. The summed E-state index contributed by atoms with van der Waals surface area (Å²) in [6.07, 6.45) is -5.54. The number of ether oxygens (including phenoxy) is 2. The predicted octanol–water partition coefficient (Wildman–Crippen LogP) is 5.11. The van der Waals surface area contributed by atoms with Gasteiger partial charge < -0.3 is 14.6 Å². The van der Waals surface area contributed by atoms with Gasteiger partial charge in [0.15, 0.2) is 0 Å². The second-order valence-electron chi connectivity index (χ2n) is 9.35. The van der Waals surface area contributed by atoms with Gasteiger partial charge in [0, 0.05) is 9.79 Å². The molecule has 0 heterocycles. The summed E-state index contributed by atoms with van der Waals surface area (Å²) >= 11 is 0. The number of carboxylic acid groups (broad SMARTS) is 1. The van der Waals surface area contributed by atoms with Crippen molar-refractivity contribution in [3.05, 3.63) is 59.7 Å². The molecule has 0 bridgehead atoms. The summed E-state index contributed by atoms with van der Waals surface area (Å²) in [7, 11) is -1.85. The van der Waals surface area contributed by atoms with Gasteiger partial charge >= 0.3 is 24.2 Å². The Labute approximate surface area is 221 Å². The highest BCUT2D eigenvalue weighted by atomic mass is 32.2. The van der Waals surface area contributed by atoms with Crippen molar-refractivity contribution in [3.63, 3.8) is 0 Å². The lowest BCUT2D eigenvalue weighted by atomic mass is 9.91. The van der Waals surface area contributed by atoms with E-state index >= 15 is 0 Å². The number of carbonyl (C=O) groups excluding carboxylic acids is 2. The molecule has 2 unspecified atom stereocenters. The summed E-state index contributed by atoms with van der Waals surface area (Å²) in [6.45, 7) is 6.16. The number of alkyl halides is 3. The zero-order valence-electron chi connectivity index (χ0n) is 21.4. The van der Waals surface area contributed by atoms with Crippen LogP contribution >= 0.6 is 0 Å². The Kier molecular flexibility index (Phi) is 10.1. The van der Waals surface area contributed by atoms with Gasteiger partial charge in [0.2, 0.25) is 5.54 Å². The third-order valence-corrected chi connectivity index (χ3v) is 6.62. The van der Waals surface area contributed by atoms with Crippen LogP contribution in [0.5, 0.6) is 0 Å². The molecule has 0 saturated carbocycles. The van der Waals surface area contributed by atoms with Crippen LogP contribution in [0.4, 0.5) is 18.0 Å². The predicted molar refractivity (Wildman–Crippen MR) is 132 cm³/mol. The summed E-state index contributed by atoms with van der Waals surface area (Å²) in [4.78, 5) is 37.4. The van der Waals surface area contributed by atoms with Crippen molar-refractivity contribution in [2.45, 2.75) is 74.1 Å². The first kappa shape index (κ1) is 30.8. The van der Waals surface area contributed by atoms with Crippen LogP contribution in [0.25, 0.3) is 0 Å². The number of hydrogen-bond donors (Lipinski definition) is 2. The summed E-state index contributed by atoms with van der Waals surface area (Å²) < 4.78 is 61.8. The van der Waals surface area contributed by atoms with Gasteiger partial charge in [-0.3, -0.25) is 5.32 Å². The lowest BCUT2D eigenvalue weighted by Gasteiger charge is -2.29. The number of amides is 1. The molecule has 0 spiro atoms. The minimum atomic E-state index is -4.56. The van der Waals surface area contributed by atoms with Crippen molar-refractivity contribution in [1.82, 2.24) is 5.32 Å². The highest BCUT2D eigenvalue weighted by Gasteiger charge is 2.49. The van der Waals surface area contributed by atoms with Crippen molar-refractivity contribution in [3.8, 4) is 0 Å². The molecule has 2 aromatic carbocycles. The molecule has 2 atom stereocenters. The fourth-order valence-electron chi connectivity index (χ4n) is 3.46. The average molecular weight is 558 g/mol. The van der Waals surface area contributed by atoms with Crippen LogP contribution in [0.2, 0.25) is 0 Å². The number of nitrogens with one attached hydrogen (secondary N) is 1. The number of carboxylic acids is 1. The van der Waals surface area contributed by atoms with Gasteiger partial charge in [-0.2, -0.15) is 13.2 Å². The molecular weight excluding hydrogens is 527 g/mol. The van der Waals surface area contributed by atoms with Crippen molar-refractivity contribution in [2.75, 3.05) is 6.61 Å². The number of hydrogen-bond acceptors (Lipinski definition) is 6. The normalized spacial score (nSPS) is 14.2. The fourth-order valence-corrected chi connectivity index (χ4v) is 4.55. The van der Waals surface area contributed by atoms with E-state index in [-0.39, 0.29) is 35.7 Å². The Balaban J connectivity index is 2.15. The van der Waals surface area contributed by atoms with Crippen molar-refractivity contribution in [2.24, 2.45) is 0 Å². The first-order valence-corrected chi connectivity index (χ1v) is 12.8. The monoisotopic (exact) mass is 557 g/mol. The molecule has 0 aliphatic heterocycles. The SMILES string of the molecule is CCOC(=O)C(CCCc1ccc(S(=O)c2cccc(C(F)(F)F)c2)cc1)(NC(=O)OC(C)(C)C)C(=O)O. The van der Waals surface area contributed by atoms with Crippen molar-refractivity contribution < 1.29 is 46.3 Å². The minimum absolute atomic E-state index is 0.00136. The van der Waals surface area contributed by atoms with E-state index in [1.165, 1.54) is 31.2 Å². The molecule has 0 aromatic heterocycles. The second kappa shape index (κ2) is 12.4. The van der Waals surface area contributed by atoms with Crippen LogP contribution in [-0.4, -0.2) is 45.1 Å². The highest BCUT2D eigenvalue weighted by Crippen LogP contribution is 2.31. The van der Waals surface area contributed by atoms with Gasteiger partial charge in [0.05, 0.1) is 23.0 Å².